The van der Waals surface area contributed by atoms with Crippen LogP contribution in [0.25, 0.3) is 10.9 Å². The summed E-state index contributed by atoms with van der Waals surface area (Å²) in [6.45, 7) is 0. The van der Waals surface area contributed by atoms with Crippen LogP contribution in [0, 0.1) is 0 Å². The normalized spacial score (nSPS) is 10.5. The molecule has 5 N–H and O–H groups in total. The molecule has 0 saturated heterocycles. The number of rotatable bonds is 0. The number of nitrogens with two attached hydrogens (primary N) is 2. The first-order valence-electron chi connectivity index (χ1n) is 3.82. The van der Waals surface area contributed by atoms with E-state index in [2.05, 4.69) is 4.98 Å². The third kappa shape index (κ3) is 1.03. The largest absolute Gasteiger partial charge is 0.505 e. The molecule has 13 heavy (non-hydrogen) atoms. The zero-order valence-electron chi connectivity index (χ0n) is 6.86. The highest BCUT2D eigenvalue weighted by Crippen LogP contribution is 2.33. The van der Waals surface area contributed by atoms with Crippen molar-refractivity contribution in [2.75, 3.05) is 11.5 Å². The Bertz CT molecular complexity index is 468. The molecule has 1 heterocycles. The molecule has 0 fully saturated rings. The predicted octanol–water partition coefficient (Wildman–Crippen LogP) is 1.10. The summed E-state index contributed by atoms with van der Waals surface area (Å²) in [5.41, 5.74) is 12.5. The minimum Gasteiger partial charge on any atom is -0.505 e. The van der Waals surface area contributed by atoms with Gasteiger partial charge in [0.2, 0.25) is 0 Å². The first-order chi connectivity index (χ1) is 6.20. The van der Waals surface area contributed by atoms with Crippen LogP contribution in [0.1, 0.15) is 0 Å². The average molecular weight is 175 g/mol. The van der Waals surface area contributed by atoms with Gasteiger partial charge in [0.25, 0.3) is 0 Å². The number of aromatic nitrogens is 1. The monoisotopic (exact) mass is 175 g/mol. The number of pyridine rings is 1. The lowest BCUT2D eigenvalue weighted by Gasteiger charge is -2.05. The van der Waals surface area contributed by atoms with Crippen molar-refractivity contribution in [3.63, 3.8) is 0 Å². The quantitative estimate of drug-likeness (QED) is 0.318. The van der Waals surface area contributed by atoms with Crippen LogP contribution >= 0.6 is 0 Å². The van der Waals surface area contributed by atoms with Gasteiger partial charge >= 0.3 is 0 Å². The highest BCUT2D eigenvalue weighted by Gasteiger charge is 2.07. The minimum absolute atomic E-state index is 0.0392. The fraction of sp³-hybridized carbons (Fsp3) is 0. The number of hydrogen-bond acceptors (Lipinski definition) is 4. The Morgan fingerprint density at radius 1 is 1.23 bits per heavy atom. The Morgan fingerprint density at radius 2 is 2.00 bits per heavy atom. The van der Waals surface area contributed by atoms with Crippen molar-refractivity contribution in [2.24, 2.45) is 0 Å². The van der Waals surface area contributed by atoms with Gasteiger partial charge in [0.1, 0.15) is 5.75 Å². The molecule has 66 valence electrons. The van der Waals surface area contributed by atoms with Gasteiger partial charge in [0.05, 0.1) is 16.9 Å². The molecule has 0 aliphatic heterocycles. The summed E-state index contributed by atoms with van der Waals surface area (Å²) in [7, 11) is 0. The number of aromatic hydroxyl groups is 1. The van der Waals surface area contributed by atoms with Crippen LogP contribution in [0.4, 0.5) is 11.4 Å². The smallest absolute Gasteiger partial charge is 0.148 e. The lowest BCUT2D eigenvalue weighted by molar-refractivity contribution is 0.484. The molecular formula is C9H9N3O. The molecule has 0 amide bonds. The molecule has 0 spiro atoms. The second kappa shape index (κ2) is 2.52. The molecular weight excluding hydrogens is 166 g/mol. The number of phenols is 1. The van der Waals surface area contributed by atoms with Crippen LogP contribution in [0.5, 0.6) is 5.75 Å². The van der Waals surface area contributed by atoms with Crippen LogP contribution in [0.2, 0.25) is 0 Å². The summed E-state index contributed by atoms with van der Waals surface area (Å²) in [5, 5.41) is 10.1. The summed E-state index contributed by atoms with van der Waals surface area (Å²) in [6, 6.07) is 4.95. The summed E-state index contributed by atoms with van der Waals surface area (Å²) in [6.07, 6.45) is 1.62. The lowest BCUT2D eigenvalue weighted by Crippen LogP contribution is -1.94. The van der Waals surface area contributed by atoms with Crippen LogP contribution < -0.4 is 11.5 Å². The van der Waals surface area contributed by atoms with Crippen LogP contribution in [0.15, 0.2) is 24.4 Å². The SMILES string of the molecule is Nc1cc(N)c2ncccc2c1O. The van der Waals surface area contributed by atoms with E-state index in [0.29, 0.717) is 16.6 Å². The maximum Gasteiger partial charge on any atom is 0.148 e. The molecule has 1 aromatic carbocycles. The van der Waals surface area contributed by atoms with Gasteiger partial charge < -0.3 is 16.6 Å². The first-order valence-corrected chi connectivity index (χ1v) is 3.82. The molecule has 4 nitrogen and oxygen atoms in total. The van der Waals surface area contributed by atoms with Crippen LogP contribution in [-0.2, 0) is 0 Å². The van der Waals surface area contributed by atoms with Crippen molar-refractivity contribution in [3.05, 3.63) is 24.4 Å². The zero-order valence-corrected chi connectivity index (χ0v) is 6.86. The van der Waals surface area contributed by atoms with Gasteiger partial charge in [-0.1, -0.05) is 0 Å². The maximum absolute atomic E-state index is 9.56. The topological polar surface area (TPSA) is 85.2 Å². The Labute approximate surface area is 74.8 Å². The summed E-state index contributed by atoms with van der Waals surface area (Å²) >= 11 is 0. The van der Waals surface area contributed by atoms with Gasteiger partial charge in [-0.2, -0.15) is 0 Å². The lowest BCUT2D eigenvalue weighted by atomic mass is 10.1. The number of benzene rings is 1. The van der Waals surface area contributed by atoms with E-state index in [4.69, 9.17) is 11.5 Å². The molecule has 1 aromatic heterocycles. The van der Waals surface area contributed by atoms with E-state index in [1.807, 2.05) is 0 Å². The van der Waals surface area contributed by atoms with Crippen molar-refractivity contribution in [2.45, 2.75) is 0 Å². The van der Waals surface area contributed by atoms with Gasteiger partial charge in [0.15, 0.2) is 0 Å². The molecule has 2 rings (SSSR count). The zero-order chi connectivity index (χ0) is 9.42. The molecule has 4 heteroatoms. The third-order valence-electron chi connectivity index (χ3n) is 1.92. The van der Waals surface area contributed by atoms with E-state index in [1.54, 1.807) is 18.3 Å². The Morgan fingerprint density at radius 3 is 2.77 bits per heavy atom. The minimum atomic E-state index is 0.0392. The van der Waals surface area contributed by atoms with Gasteiger partial charge in [0, 0.05) is 11.6 Å². The van der Waals surface area contributed by atoms with Gasteiger partial charge in [-0.15, -0.1) is 0 Å². The second-order valence-electron chi connectivity index (χ2n) is 2.80. The summed E-state index contributed by atoms with van der Waals surface area (Å²) in [4.78, 5) is 4.04. The van der Waals surface area contributed by atoms with Crippen LogP contribution in [-0.4, -0.2) is 10.1 Å². The standard InChI is InChI=1S/C9H9N3O/c10-6-4-7(11)9(13)5-2-1-3-12-8(5)6/h1-4,13H,10-11H2. The molecule has 0 atom stereocenters. The number of phenolic OH excluding ortho intramolecular Hbond substituents is 1. The highest BCUT2D eigenvalue weighted by atomic mass is 16.3. The van der Waals surface area contributed by atoms with Gasteiger partial charge in [-0.3, -0.25) is 4.98 Å². The fourth-order valence-corrected chi connectivity index (χ4v) is 1.29. The second-order valence-corrected chi connectivity index (χ2v) is 2.80. The van der Waals surface area contributed by atoms with E-state index >= 15 is 0 Å². The first kappa shape index (κ1) is 7.67. The number of hydrogen-bond donors (Lipinski definition) is 3. The fourth-order valence-electron chi connectivity index (χ4n) is 1.29. The van der Waals surface area contributed by atoms with E-state index < -0.39 is 0 Å². The average Bonchev–Trinajstić information content (AvgIpc) is 2.15. The third-order valence-corrected chi connectivity index (χ3v) is 1.92. The number of anilines is 2. The molecule has 0 aliphatic rings. The molecule has 0 aliphatic carbocycles. The van der Waals surface area contributed by atoms with Gasteiger partial charge in [-0.05, 0) is 18.2 Å². The molecule has 0 unspecified atom stereocenters. The molecule has 2 aromatic rings. The molecule has 0 bridgehead atoms. The number of nitrogen functional groups attached to an aromatic ring is 2. The van der Waals surface area contributed by atoms with E-state index in [9.17, 15) is 5.11 Å². The van der Waals surface area contributed by atoms with Crippen molar-refractivity contribution in [3.8, 4) is 5.75 Å². The number of nitrogens with zero attached hydrogens (tertiary/aromatic N) is 1. The Balaban J connectivity index is 2.97. The van der Waals surface area contributed by atoms with Crippen molar-refractivity contribution < 1.29 is 5.11 Å². The predicted molar refractivity (Wildman–Crippen MR) is 52.2 cm³/mol. The van der Waals surface area contributed by atoms with Crippen molar-refractivity contribution in [1.82, 2.24) is 4.98 Å². The van der Waals surface area contributed by atoms with E-state index in [1.165, 1.54) is 6.07 Å². The molecule has 0 saturated carbocycles. The Kier molecular flexibility index (Phi) is 1.48. The molecule has 0 radical (unpaired) electrons. The van der Waals surface area contributed by atoms with Gasteiger partial charge in [-0.25, -0.2) is 0 Å². The Hall–Kier alpha value is -1.97. The number of fused-ring (bicyclic) bond motifs is 1. The summed E-state index contributed by atoms with van der Waals surface area (Å²) < 4.78 is 0. The van der Waals surface area contributed by atoms with Crippen molar-refractivity contribution >= 4 is 22.3 Å². The van der Waals surface area contributed by atoms with Crippen LogP contribution in [0.3, 0.4) is 0 Å². The maximum atomic E-state index is 9.56. The van der Waals surface area contributed by atoms with E-state index in [-0.39, 0.29) is 11.4 Å². The summed E-state index contributed by atoms with van der Waals surface area (Å²) in [5.74, 6) is 0.0392. The van der Waals surface area contributed by atoms with E-state index in [0.717, 1.165) is 0 Å². The highest BCUT2D eigenvalue weighted by molar-refractivity contribution is 5.97. The van der Waals surface area contributed by atoms with Crippen molar-refractivity contribution in [1.29, 1.82) is 0 Å².